The molecular formula is C30H27NO3. The van der Waals surface area contributed by atoms with Gasteiger partial charge in [-0.15, -0.1) is 0 Å². The number of nitrogens with zero attached hydrogens (tertiary/aromatic N) is 1. The van der Waals surface area contributed by atoms with Crippen LogP contribution in [0.3, 0.4) is 0 Å². The summed E-state index contributed by atoms with van der Waals surface area (Å²) < 4.78 is 11.8. The lowest BCUT2D eigenvalue weighted by molar-refractivity contribution is -0.113. The van der Waals surface area contributed by atoms with Crippen molar-refractivity contribution in [1.82, 2.24) is 0 Å². The molecule has 1 amide bonds. The van der Waals surface area contributed by atoms with Gasteiger partial charge in [-0.3, -0.25) is 9.69 Å². The molecule has 0 aliphatic rings. The van der Waals surface area contributed by atoms with Crippen LogP contribution in [-0.2, 0) is 16.1 Å². The molecule has 0 bridgehead atoms. The van der Waals surface area contributed by atoms with Crippen molar-refractivity contribution in [3.63, 3.8) is 0 Å². The first-order valence-corrected chi connectivity index (χ1v) is 11.4. The van der Waals surface area contributed by atoms with E-state index >= 15 is 0 Å². The van der Waals surface area contributed by atoms with E-state index in [4.69, 9.17) is 9.47 Å². The fourth-order valence-corrected chi connectivity index (χ4v) is 3.79. The molecule has 4 nitrogen and oxygen atoms in total. The summed E-state index contributed by atoms with van der Waals surface area (Å²) in [5, 5.41) is 1.92. The van der Waals surface area contributed by atoms with Crippen molar-refractivity contribution in [2.45, 2.75) is 26.7 Å². The number of carbonyl (C=O) groups is 1. The van der Waals surface area contributed by atoms with Crippen LogP contribution in [0.15, 0.2) is 97.1 Å². The number of benzene rings is 4. The minimum atomic E-state index is -0.464. The molecule has 1 unspecified atom stereocenters. The number of rotatable bonds is 7. The third-order valence-corrected chi connectivity index (χ3v) is 5.34. The quantitative estimate of drug-likeness (QED) is 0.250. The number of anilines is 1. The minimum absolute atomic E-state index is 0.307. The molecule has 4 heteroatoms. The predicted octanol–water partition coefficient (Wildman–Crippen LogP) is 6.19. The maximum absolute atomic E-state index is 13.6. The summed E-state index contributed by atoms with van der Waals surface area (Å²) in [7, 11) is 0. The molecule has 34 heavy (non-hydrogen) atoms. The van der Waals surface area contributed by atoms with Gasteiger partial charge in [0.2, 0.25) is 0 Å². The van der Waals surface area contributed by atoms with Gasteiger partial charge in [-0.1, -0.05) is 84.8 Å². The van der Waals surface area contributed by atoms with E-state index in [2.05, 4.69) is 11.8 Å². The molecular weight excluding hydrogens is 422 g/mol. The van der Waals surface area contributed by atoms with Crippen molar-refractivity contribution in [2.24, 2.45) is 0 Å². The zero-order chi connectivity index (χ0) is 23.8. The third-order valence-electron chi connectivity index (χ3n) is 5.34. The summed E-state index contributed by atoms with van der Waals surface area (Å²) in [6.45, 7) is 4.66. The van der Waals surface area contributed by atoms with Gasteiger partial charge < -0.3 is 9.47 Å². The summed E-state index contributed by atoms with van der Waals surface area (Å²) in [6, 6.07) is 31.2. The van der Waals surface area contributed by atoms with Gasteiger partial charge in [0, 0.05) is 23.5 Å². The standard InChI is InChI=1S/C30H27NO3/c1-3-33-23(2)34-28-20-19-26-16-10-11-17-27(26)30(28)31(22-25-14-8-5-9-15-25)29(32)21-18-24-12-6-4-7-13-24/h4-17,19-20,23H,3,22H2,1-2H3. The molecule has 4 aromatic carbocycles. The molecule has 0 spiro atoms. The van der Waals surface area contributed by atoms with Gasteiger partial charge in [-0.2, -0.15) is 0 Å². The molecule has 0 fully saturated rings. The normalized spacial score (nSPS) is 11.4. The Labute approximate surface area is 200 Å². The van der Waals surface area contributed by atoms with Crippen molar-refractivity contribution < 1.29 is 14.3 Å². The van der Waals surface area contributed by atoms with Gasteiger partial charge in [0.05, 0.1) is 12.2 Å². The lowest BCUT2D eigenvalue weighted by Crippen LogP contribution is -2.30. The first-order valence-electron chi connectivity index (χ1n) is 11.4. The van der Waals surface area contributed by atoms with Gasteiger partial charge in [0.1, 0.15) is 5.75 Å². The zero-order valence-electron chi connectivity index (χ0n) is 19.4. The van der Waals surface area contributed by atoms with Crippen molar-refractivity contribution in [2.75, 3.05) is 11.5 Å². The van der Waals surface area contributed by atoms with Crippen molar-refractivity contribution in [1.29, 1.82) is 0 Å². The summed E-state index contributed by atoms with van der Waals surface area (Å²) in [5.41, 5.74) is 2.46. The van der Waals surface area contributed by atoms with E-state index in [0.29, 0.717) is 24.6 Å². The van der Waals surface area contributed by atoms with Crippen LogP contribution in [-0.4, -0.2) is 18.8 Å². The number of hydrogen-bond acceptors (Lipinski definition) is 3. The average Bonchev–Trinajstić information content (AvgIpc) is 2.87. The topological polar surface area (TPSA) is 38.8 Å². The van der Waals surface area contributed by atoms with Crippen LogP contribution in [0.25, 0.3) is 10.8 Å². The van der Waals surface area contributed by atoms with Gasteiger partial charge >= 0.3 is 5.91 Å². The summed E-state index contributed by atoms with van der Waals surface area (Å²) in [4.78, 5) is 15.3. The highest BCUT2D eigenvalue weighted by Gasteiger charge is 2.23. The first-order chi connectivity index (χ1) is 16.7. The van der Waals surface area contributed by atoms with E-state index in [0.717, 1.165) is 21.9 Å². The van der Waals surface area contributed by atoms with Gasteiger partial charge in [0.15, 0.2) is 6.29 Å². The van der Waals surface area contributed by atoms with Crippen molar-refractivity contribution in [3.05, 3.63) is 108 Å². The van der Waals surface area contributed by atoms with Crippen LogP contribution in [0.4, 0.5) is 5.69 Å². The molecule has 170 valence electrons. The second-order valence-electron chi connectivity index (χ2n) is 7.77. The molecule has 0 aliphatic heterocycles. The van der Waals surface area contributed by atoms with Crippen LogP contribution in [0.5, 0.6) is 5.75 Å². The van der Waals surface area contributed by atoms with E-state index in [1.165, 1.54) is 0 Å². The highest BCUT2D eigenvalue weighted by Crippen LogP contribution is 2.38. The number of carbonyl (C=O) groups excluding carboxylic acids is 1. The van der Waals surface area contributed by atoms with Crippen LogP contribution < -0.4 is 9.64 Å². The molecule has 0 aliphatic carbocycles. The molecule has 1 atom stereocenters. The van der Waals surface area contributed by atoms with Crippen LogP contribution in [0, 0.1) is 11.8 Å². The second kappa shape index (κ2) is 11.2. The Bertz CT molecular complexity index is 1310. The number of hydrogen-bond donors (Lipinski definition) is 0. The fraction of sp³-hybridized carbons (Fsp3) is 0.167. The molecule has 0 radical (unpaired) electrons. The van der Waals surface area contributed by atoms with Gasteiger partial charge in [0.25, 0.3) is 0 Å². The molecule has 0 heterocycles. The Morgan fingerprint density at radius 2 is 1.56 bits per heavy atom. The van der Waals surface area contributed by atoms with Crippen molar-refractivity contribution in [3.8, 4) is 17.6 Å². The smallest absolute Gasteiger partial charge is 0.303 e. The van der Waals surface area contributed by atoms with E-state index in [-0.39, 0.29) is 5.91 Å². The molecule has 0 aromatic heterocycles. The van der Waals surface area contributed by atoms with Crippen LogP contribution in [0.1, 0.15) is 25.0 Å². The number of amides is 1. The molecule has 0 N–H and O–H groups in total. The monoisotopic (exact) mass is 449 g/mol. The highest BCUT2D eigenvalue weighted by atomic mass is 16.7. The maximum Gasteiger partial charge on any atom is 0.303 e. The molecule has 0 saturated heterocycles. The summed E-state index contributed by atoms with van der Waals surface area (Å²) >= 11 is 0. The fourth-order valence-electron chi connectivity index (χ4n) is 3.79. The Morgan fingerprint density at radius 3 is 2.29 bits per heavy atom. The molecule has 4 rings (SSSR count). The van der Waals surface area contributed by atoms with Crippen molar-refractivity contribution >= 4 is 22.4 Å². The van der Waals surface area contributed by atoms with E-state index in [1.807, 2.05) is 111 Å². The largest absolute Gasteiger partial charge is 0.463 e. The highest BCUT2D eigenvalue weighted by molar-refractivity contribution is 6.12. The van der Waals surface area contributed by atoms with E-state index < -0.39 is 6.29 Å². The lowest BCUT2D eigenvalue weighted by Gasteiger charge is -2.26. The number of fused-ring (bicyclic) bond motifs is 1. The Kier molecular flexibility index (Phi) is 7.60. The average molecular weight is 450 g/mol. The summed E-state index contributed by atoms with van der Waals surface area (Å²) in [5.74, 6) is 6.11. The van der Waals surface area contributed by atoms with Crippen LogP contribution in [0.2, 0.25) is 0 Å². The SMILES string of the molecule is CCOC(C)Oc1ccc2ccccc2c1N(Cc1ccccc1)C(=O)C#Cc1ccccc1. The Hall–Kier alpha value is -4.07. The predicted molar refractivity (Wildman–Crippen MR) is 137 cm³/mol. The molecule has 0 saturated carbocycles. The summed E-state index contributed by atoms with van der Waals surface area (Å²) in [6.07, 6.45) is -0.464. The zero-order valence-corrected chi connectivity index (χ0v) is 19.4. The van der Waals surface area contributed by atoms with Gasteiger partial charge in [-0.05, 0) is 43.0 Å². The molecule has 4 aromatic rings. The third kappa shape index (κ3) is 5.64. The maximum atomic E-state index is 13.6. The van der Waals surface area contributed by atoms with E-state index in [1.54, 1.807) is 4.90 Å². The number of ether oxygens (including phenoxy) is 2. The van der Waals surface area contributed by atoms with Crippen LogP contribution >= 0.6 is 0 Å². The first kappa shape index (κ1) is 23.1. The Balaban J connectivity index is 1.83. The minimum Gasteiger partial charge on any atom is -0.463 e. The van der Waals surface area contributed by atoms with E-state index in [9.17, 15) is 4.79 Å². The van der Waals surface area contributed by atoms with Gasteiger partial charge in [-0.25, -0.2) is 0 Å². The second-order valence-corrected chi connectivity index (χ2v) is 7.77. The lowest BCUT2D eigenvalue weighted by atomic mass is 10.1. The Morgan fingerprint density at radius 1 is 0.882 bits per heavy atom.